The average Bonchev–Trinajstić information content (AvgIpc) is 2.32. The molecule has 1 aliphatic carbocycles. The van der Waals surface area contributed by atoms with Gasteiger partial charge in [0.2, 0.25) is 0 Å². The summed E-state index contributed by atoms with van der Waals surface area (Å²) < 4.78 is 7.78. The maximum Gasteiger partial charge on any atom is 0.147 e. The molecule has 19 heavy (non-hydrogen) atoms. The summed E-state index contributed by atoms with van der Waals surface area (Å²) in [7, 11) is 1.68. The Morgan fingerprint density at radius 2 is 1.95 bits per heavy atom. The number of hydrogen-bond acceptors (Lipinski definition) is 3. The monoisotopic (exact) mass is 407 g/mol. The van der Waals surface area contributed by atoms with Crippen molar-refractivity contribution < 1.29 is 4.74 Å². The first-order chi connectivity index (χ1) is 9.10. The van der Waals surface area contributed by atoms with Gasteiger partial charge in [-0.1, -0.05) is 6.42 Å². The smallest absolute Gasteiger partial charge is 0.147 e. The minimum atomic E-state index is 0.487. The first-order valence-electron chi connectivity index (χ1n) is 6.38. The van der Waals surface area contributed by atoms with E-state index in [0.717, 1.165) is 27.8 Å². The third kappa shape index (κ3) is 3.69. The molecule has 0 aromatic heterocycles. The van der Waals surface area contributed by atoms with Crippen LogP contribution in [-0.2, 0) is 6.54 Å². The molecule has 2 rings (SSSR count). The molecule has 0 saturated heterocycles. The Morgan fingerprint density at radius 1 is 1.32 bits per heavy atom. The van der Waals surface area contributed by atoms with Gasteiger partial charge in [-0.25, -0.2) is 0 Å². The summed E-state index contributed by atoms with van der Waals surface area (Å²) in [6, 6.07) is 4.23. The highest BCUT2D eigenvalue weighted by atomic mass is 79.9. The Morgan fingerprint density at radius 3 is 2.37 bits per heavy atom. The number of thioether (sulfide) groups is 1. The first kappa shape index (κ1) is 15.7. The van der Waals surface area contributed by atoms with Gasteiger partial charge in [0.25, 0.3) is 0 Å². The summed E-state index contributed by atoms with van der Waals surface area (Å²) >= 11 is 9.09. The highest BCUT2D eigenvalue weighted by Crippen LogP contribution is 2.42. The molecule has 1 saturated carbocycles. The van der Waals surface area contributed by atoms with E-state index >= 15 is 0 Å². The Bertz CT molecular complexity index is 421. The number of hydrogen-bond donors (Lipinski definition) is 1. The summed E-state index contributed by atoms with van der Waals surface area (Å²) in [6.45, 7) is 1.99. The number of benzene rings is 1. The zero-order chi connectivity index (χ0) is 13.9. The molecule has 0 unspecified atom stereocenters. The number of ether oxygens (including phenoxy) is 1. The highest BCUT2D eigenvalue weighted by Gasteiger charge is 2.35. The van der Waals surface area contributed by atoms with Crippen LogP contribution in [-0.4, -0.2) is 24.7 Å². The van der Waals surface area contributed by atoms with E-state index in [1.165, 1.54) is 24.8 Å². The Kier molecular flexibility index (Phi) is 5.64. The molecule has 1 N–H and O–H groups in total. The quantitative estimate of drug-likeness (QED) is 0.743. The molecule has 0 spiro atoms. The van der Waals surface area contributed by atoms with E-state index in [2.05, 4.69) is 55.6 Å². The largest absolute Gasteiger partial charge is 0.494 e. The molecule has 0 aliphatic heterocycles. The van der Waals surface area contributed by atoms with Crippen LogP contribution in [0, 0.1) is 0 Å². The molecular weight excluding hydrogens is 390 g/mol. The second-order valence-electron chi connectivity index (χ2n) is 4.94. The molecule has 0 heterocycles. The molecule has 0 bridgehead atoms. The number of rotatable bonds is 6. The van der Waals surface area contributed by atoms with Gasteiger partial charge in [0.15, 0.2) is 0 Å². The zero-order valence-corrected chi connectivity index (χ0v) is 15.3. The molecule has 5 heteroatoms. The number of halogens is 2. The van der Waals surface area contributed by atoms with Crippen molar-refractivity contribution in [2.75, 3.05) is 19.9 Å². The maximum atomic E-state index is 5.32. The van der Waals surface area contributed by atoms with Gasteiger partial charge in [0.05, 0.1) is 16.1 Å². The number of methoxy groups -OCH3 is 1. The third-order valence-corrected chi connectivity index (χ3v) is 6.33. The van der Waals surface area contributed by atoms with E-state index in [-0.39, 0.29) is 0 Å². The van der Waals surface area contributed by atoms with E-state index < -0.39 is 0 Å². The minimum Gasteiger partial charge on any atom is -0.494 e. The lowest BCUT2D eigenvalue weighted by Gasteiger charge is -2.40. The Hall–Kier alpha value is 0.290. The lowest BCUT2D eigenvalue weighted by atomic mass is 9.84. The van der Waals surface area contributed by atoms with Gasteiger partial charge >= 0.3 is 0 Å². The second-order valence-corrected chi connectivity index (χ2v) is 7.92. The van der Waals surface area contributed by atoms with Crippen molar-refractivity contribution in [3.8, 4) is 5.75 Å². The van der Waals surface area contributed by atoms with Crippen LogP contribution < -0.4 is 10.1 Å². The summed E-state index contributed by atoms with van der Waals surface area (Å²) in [4.78, 5) is 0. The molecule has 1 aliphatic rings. The van der Waals surface area contributed by atoms with Crippen LogP contribution in [0.3, 0.4) is 0 Å². The molecule has 0 atom stereocenters. The van der Waals surface area contributed by atoms with Crippen molar-refractivity contribution in [3.63, 3.8) is 0 Å². The highest BCUT2D eigenvalue weighted by molar-refractivity contribution is 9.11. The molecule has 0 amide bonds. The fourth-order valence-corrected chi connectivity index (χ4v) is 4.92. The third-order valence-electron chi connectivity index (χ3n) is 3.74. The molecule has 1 fully saturated rings. The van der Waals surface area contributed by atoms with Gasteiger partial charge in [-0.3, -0.25) is 0 Å². The summed E-state index contributed by atoms with van der Waals surface area (Å²) in [6.07, 6.45) is 6.29. The van der Waals surface area contributed by atoms with Crippen molar-refractivity contribution in [3.05, 3.63) is 26.6 Å². The first-order valence-corrected chi connectivity index (χ1v) is 9.19. The van der Waals surface area contributed by atoms with Gasteiger partial charge in [0, 0.05) is 17.8 Å². The fraction of sp³-hybridized carbons (Fsp3) is 0.571. The van der Waals surface area contributed by atoms with Crippen molar-refractivity contribution >= 4 is 43.6 Å². The van der Waals surface area contributed by atoms with Gasteiger partial charge in [-0.2, -0.15) is 11.8 Å². The molecule has 2 nitrogen and oxygen atoms in total. The van der Waals surface area contributed by atoms with Gasteiger partial charge in [-0.05, 0) is 68.7 Å². The lowest BCUT2D eigenvalue weighted by Crippen LogP contribution is -2.43. The summed E-state index contributed by atoms with van der Waals surface area (Å²) in [5.41, 5.74) is 1.26. The van der Waals surface area contributed by atoms with Crippen molar-refractivity contribution in [1.82, 2.24) is 5.32 Å². The predicted octanol–water partition coefficient (Wildman–Crippen LogP) is 4.60. The van der Waals surface area contributed by atoms with Crippen LogP contribution in [0.15, 0.2) is 21.1 Å². The summed E-state index contributed by atoms with van der Waals surface area (Å²) in [5.74, 6) is 0.850. The van der Waals surface area contributed by atoms with Crippen molar-refractivity contribution in [1.29, 1.82) is 0 Å². The van der Waals surface area contributed by atoms with Crippen LogP contribution in [0.4, 0.5) is 0 Å². The van der Waals surface area contributed by atoms with E-state index in [1.54, 1.807) is 7.11 Å². The Balaban J connectivity index is 1.93. The van der Waals surface area contributed by atoms with E-state index in [9.17, 15) is 0 Å². The minimum absolute atomic E-state index is 0.487. The SMILES string of the molecule is COc1c(Br)cc(CNCC2(SC)CCC2)cc1Br. The maximum absolute atomic E-state index is 5.32. The normalized spacial score (nSPS) is 17.1. The van der Waals surface area contributed by atoms with Crippen LogP contribution in [0.2, 0.25) is 0 Å². The van der Waals surface area contributed by atoms with Crippen LogP contribution in [0.1, 0.15) is 24.8 Å². The van der Waals surface area contributed by atoms with Crippen LogP contribution >= 0.6 is 43.6 Å². The van der Waals surface area contributed by atoms with E-state index in [4.69, 9.17) is 4.74 Å². The molecule has 1 aromatic rings. The topological polar surface area (TPSA) is 21.3 Å². The molecular formula is C14H19Br2NOS. The van der Waals surface area contributed by atoms with E-state index in [1.807, 2.05) is 11.8 Å². The average molecular weight is 409 g/mol. The standard InChI is InChI=1S/C14H19Br2NOS/c1-18-13-11(15)6-10(7-12(13)16)8-17-9-14(19-2)4-3-5-14/h6-7,17H,3-5,8-9H2,1-2H3. The predicted molar refractivity (Wildman–Crippen MR) is 90.2 cm³/mol. The lowest BCUT2D eigenvalue weighted by molar-refractivity contribution is 0.345. The molecule has 1 aromatic carbocycles. The number of nitrogens with one attached hydrogen (secondary N) is 1. The van der Waals surface area contributed by atoms with Crippen LogP contribution in [0.25, 0.3) is 0 Å². The van der Waals surface area contributed by atoms with Crippen molar-refractivity contribution in [2.45, 2.75) is 30.6 Å². The molecule has 106 valence electrons. The van der Waals surface area contributed by atoms with E-state index in [0.29, 0.717) is 4.75 Å². The van der Waals surface area contributed by atoms with Crippen molar-refractivity contribution in [2.24, 2.45) is 0 Å². The molecule has 0 radical (unpaired) electrons. The second kappa shape index (κ2) is 6.83. The fourth-order valence-electron chi connectivity index (χ4n) is 2.37. The zero-order valence-electron chi connectivity index (χ0n) is 11.3. The van der Waals surface area contributed by atoms with Crippen LogP contribution in [0.5, 0.6) is 5.75 Å². The van der Waals surface area contributed by atoms with Gasteiger partial charge in [-0.15, -0.1) is 0 Å². The van der Waals surface area contributed by atoms with Gasteiger partial charge < -0.3 is 10.1 Å². The van der Waals surface area contributed by atoms with Gasteiger partial charge in [0.1, 0.15) is 5.75 Å². The Labute approximate surface area is 136 Å². The summed E-state index contributed by atoms with van der Waals surface area (Å²) in [5, 5.41) is 3.58.